The van der Waals surface area contributed by atoms with E-state index in [0.29, 0.717) is 5.95 Å². The molecule has 0 spiro atoms. The summed E-state index contributed by atoms with van der Waals surface area (Å²) in [6.45, 7) is 3.84. The minimum Gasteiger partial charge on any atom is -0.352 e. The van der Waals surface area contributed by atoms with Crippen molar-refractivity contribution in [3.63, 3.8) is 0 Å². The Kier molecular flexibility index (Phi) is 4.42. The van der Waals surface area contributed by atoms with Crippen LogP contribution in [0.4, 0.5) is 20.4 Å². The van der Waals surface area contributed by atoms with Gasteiger partial charge in [-0.2, -0.15) is 0 Å². The number of halogens is 2. The van der Waals surface area contributed by atoms with Crippen molar-refractivity contribution in [3.05, 3.63) is 47.8 Å². The van der Waals surface area contributed by atoms with Gasteiger partial charge < -0.3 is 10.6 Å². The molecule has 0 saturated carbocycles. The Morgan fingerprint density at radius 3 is 2.24 bits per heavy atom. The Bertz CT molecular complexity index is 624. The molecule has 5 nitrogen and oxygen atoms in total. The minimum atomic E-state index is -0.845. The van der Waals surface area contributed by atoms with E-state index in [-0.39, 0.29) is 11.6 Å². The molecule has 0 radical (unpaired) electrons. The summed E-state index contributed by atoms with van der Waals surface area (Å²) in [4.78, 5) is 19.8. The Morgan fingerprint density at radius 2 is 1.71 bits per heavy atom. The van der Waals surface area contributed by atoms with Crippen LogP contribution in [-0.2, 0) is 0 Å². The van der Waals surface area contributed by atoms with Gasteiger partial charge in [-0.05, 0) is 26.0 Å². The van der Waals surface area contributed by atoms with Crippen molar-refractivity contribution in [1.82, 2.24) is 9.97 Å². The molecule has 0 bridgehead atoms. The second kappa shape index (κ2) is 6.25. The molecule has 0 fully saturated rings. The standard InChI is InChI=1S/C14H14F2N4O/c1-8(2)19-14-17-6-9(7-18-14)13(21)20-12-10(15)4-3-5-11(12)16/h3-8H,1-2H3,(H,20,21)(H,17,18,19). The van der Waals surface area contributed by atoms with Crippen LogP contribution in [-0.4, -0.2) is 21.9 Å². The number of hydrogen-bond acceptors (Lipinski definition) is 4. The van der Waals surface area contributed by atoms with E-state index in [1.807, 2.05) is 13.8 Å². The van der Waals surface area contributed by atoms with Crippen LogP contribution < -0.4 is 10.6 Å². The predicted octanol–water partition coefficient (Wildman–Crippen LogP) is 2.83. The van der Waals surface area contributed by atoms with Gasteiger partial charge in [0.05, 0.1) is 5.56 Å². The molecule has 7 heteroatoms. The summed E-state index contributed by atoms with van der Waals surface area (Å²) in [6.07, 6.45) is 2.57. The van der Waals surface area contributed by atoms with Crippen LogP contribution in [0.15, 0.2) is 30.6 Å². The van der Waals surface area contributed by atoms with Gasteiger partial charge in [0, 0.05) is 18.4 Å². The van der Waals surface area contributed by atoms with Gasteiger partial charge in [-0.25, -0.2) is 18.7 Å². The van der Waals surface area contributed by atoms with Gasteiger partial charge in [-0.3, -0.25) is 4.79 Å². The fourth-order valence-electron chi connectivity index (χ4n) is 1.58. The molecule has 0 unspecified atom stereocenters. The van der Waals surface area contributed by atoms with Crippen molar-refractivity contribution >= 4 is 17.5 Å². The van der Waals surface area contributed by atoms with Crippen molar-refractivity contribution in [2.75, 3.05) is 10.6 Å². The lowest BCUT2D eigenvalue weighted by atomic mass is 10.2. The molecule has 2 N–H and O–H groups in total. The number of amides is 1. The molecule has 2 rings (SSSR count). The summed E-state index contributed by atoms with van der Waals surface area (Å²) in [5.41, 5.74) is -0.390. The average Bonchev–Trinajstić information content (AvgIpc) is 2.43. The largest absolute Gasteiger partial charge is 0.352 e. The molecule has 1 aromatic heterocycles. The van der Waals surface area contributed by atoms with E-state index in [4.69, 9.17) is 0 Å². The first-order valence-electron chi connectivity index (χ1n) is 6.31. The summed E-state index contributed by atoms with van der Waals surface area (Å²) in [7, 11) is 0. The number of para-hydroxylation sites is 1. The van der Waals surface area contributed by atoms with Crippen LogP contribution in [0, 0.1) is 11.6 Å². The maximum absolute atomic E-state index is 13.4. The number of benzene rings is 1. The Labute approximate surface area is 120 Å². The van der Waals surface area contributed by atoms with Gasteiger partial charge in [0.2, 0.25) is 5.95 Å². The summed E-state index contributed by atoms with van der Waals surface area (Å²) < 4.78 is 26.9. The molecule has 2 aromatic rings. The fourth-order valence-corrected chi connectivity index (χ4v) is 1.58. The lowest BCUT2D eigenvalue weighted by molar-refractivity contribution is 0.102. The second-order valence-corrected chi connectivity index (χ2v) is 4.65. The first kappa shape index (κ1) is 14.8. The first-order valence-corrected chi connectivity index (χ1v) is 6.31. The van der Waals surface area contributed by atoms with Crippen LogP contribution in [0.1, 0.15) is 24.2 Å². The zero-order valence-electron chi connectivity index (χ0n) is 11.5. The Balaban J connectivity index is 2.13. The third-order valence-corrected chi connectivity index (χ3v) is 2.53. The number of carbonyl (C=O) groups excluding carboxylic acids is 1. The highest BCUT2D eigenvalue weighted by molar-refractivity contribution is 6.04. The van der Waals surface area contributed by atoms with Gasteiger partial charge in [0.25, 0.3) is 5.91 Å². The highest BCUT2D eigenvalue weighted by Crippen LogP contribution is 2.18. The molecule has 21 heavy (non-hydrogen) atoms. The van der Waals surface area contributed by atoms with Crippen LogP contribution in [0.25, 0.3) is 0 Å². The highest BCUT2D eigenvalue weighted by Gasteiger charge is 2.14. The maximum Gasteiger partial charge on any atom is 0.258 e. The summed E-state index contributed by atoms with van der Waals surface area (Å²) in [6, 6.07) is 3.49. The van der Waals surface area contributed by atoms with Gasteiger partial charge in [0.1, 0.15) is 17.3 Å². The average molecular weight is 292 g/mol. The minimum absolute atomic E-state index is 0.104. The van der Waals surface area contributed by atoms with Gasteiger partial charge >= 0.3 is 0 Å². The SMILES string of the molecule is CC(C)Nc1ncc(C(=O)Nc2c(F)cccc2F)cn1. The molecule has 1 aromatic carbocycles. The lowest BCUT2D eigenvalue weighted by Crippen LogP contribution is -2.16. The summed E-state index contributed by atoms with van der Waals surface area (Å²) >= 11 is 0. The van der Waals surface area contributed by atoms with Crippen LogP contribution >= 0.6 is 0 Å². The number of nitrogens with zero attached hydrogens (tertiary/aromatic N) is 2. The third kappa shape index (κ3) is 3.71. The number of aromatic nitrogens is 2. The molecule has 110 valence electrons. The molecule has 0 saturated heterocycles. The van der Waals surface area contributed by atoms with Crippen LogP contribution in [0.2, 0.25) is 0 Å². The van der Waals surface area contributed by atoms with E-state index >= 15 is 0 Å². The lowest BCUT2D eigenvalue weighted by Gasteiger charge is -2.09. The molecule has 0 aliphatic carbocycles. The Hall–Kier alpha value is -2.57. The number of rotatable bonds is 4. The molecule has 1 heterocycles. The molecule has 0 aliphatic rings. The second-order valence-electron chi connectivity index (χ2n) is 4.65. The van der Waals surface area contributed by atoms with Gasteiger partial charge in [0.15, 0.2) is 0 Å². The number of anilines is 2. The quantitative estimate of drug-likeness (QED) is 0.909. The molecule has 0 atom stereocenters. The summed E-state index contributed by atoms with van der Waals surface area (Å²) in [5, 5.41) is 5.13. The van der Waals surface area contributed by atoms with Crippen molar-refractivity contribution in [1.29, 1.82) is 0 Å². The Morgan fingerprint density at radius 1 is 1.14 bits per heavy atom. The molecule has 0 aliphatic heterocycles. The molecule has 1 amide bonds. The zero-order chi connectivity index (χ0) is 15.4. The number of carbonyl (C=O) groups is 1. The van der Waals surface area contributed by atoms with Crippen molar-refractivity contribution in [2.24, 2.45) is 0 Å². The van der Waals surface area contributed by atoms with E-state index in [0.717, 1.165) is 12.1 Å². The molecular formula is C14H14F2N4O. The zero-order valence-corrected chi connectivity index (χ0v) is 11.5. The monoisotopic (exact) mass is 292 g/mol. The first-order chi connectivity index (χ1) is 9.97. The maximum atomic E-state index is 13.4. The van der Waals surface area contributed by atoms with Gasteiger partial charge in [-0.1, -0.05) is 6.07 Å². The number of nitrogens with one attached hydrogen (secondary N) is 2. The van der Waals surface area contributed by atoms with E-state index in [1.165, 1.54) is 18.5 Å². The van der Waals surface area contributed by atoms with Crippen LogP contribution in [0.3, 0.4) is 0 Å². The smallest absolute Gasteiger partial charge is 0.258 e. The topological polar surface area (TPSA) is 66.9 Å². The van der Waals surface area contributed by atoms with Crippen molar-refractivity contribution < 1.29 is 13.6 Å². The molecular weight excluding hydrogens is 278 g/mol. The van der Waals surface area contributed by atoms with E-state index < -0.39 is 23.2 Å². The number of hydrogen-bond donors (Lipinski definition) is 2. The normalized spacial score (nSPS) is 10.5. The predicted molar refractivity (Wildman–Crippen MR) is 75.1 cm³/mol. The third-order valence-electron chi connectivity index (χ3n) is 2.53. The van der Waals surface area contributed by atoms with Crippen molar-refractivity contribution in [3.8, 4) is 0 Å². The van der Waals surface area contributed by atoms with Crippen molar-refractivity contribution in [2.45, 2.75) is 19.9 Å². The fraction of sp³-hybridized carbons (Fsp3) is 0.214. The summed E-state index contributed by atoms with van der Waals surface area (Å²) in [5.74, 6) is -2.00. The van der Waals surface area contributed by atoms with E-state index in [2.05, 4.69) is 20.6 Å². The van der Waals surface area contributed by atoms with E-state index in [9.17, 15) is 13.6 Å². The van der Waals surface area contributed by atoms with Crippen LogP contribution in [0.5, 0.6) is 0 Å². The van der Waals surface area contributed by atoms with E-state index in [1.54, 1.807) is 0 Å². The highest BCUT2D eigenvalue weighted by atomic mass is 19.1. The van der Waals surface area contributed by atoms with Gasteiger partial charge in [-0.15, -0.1) is 0 Å².